The number of pyridine rings is 1. The van der Waals surface area contributed by atoms with E-state index in [2.05, 4.69) is 4.98 Å². The van der Waals surface area contributed by atoms with Gasteiger partial charge in [0, 0.05) is 23.9 Å². The van der Waals surface area contributed by atoms with Gasteiger partial charge in [0.05, 0.1) is 19.8 Å². The summed E-state index contributed by atoms with van der Waals surface area (Å²) in [7, 11) is 0. The Morgan fingerprint density at radius 1 is 1.39 bits per heavy atom. The molecule has 2 rings (SSSR count). The van der Waals surface area contributed by atoms with E-state index >= 15 is 0 Å². The standard InChI is InChI=1S/C14H18N2O2/c1-11-12(8-14(9-15)18-11)10-17-7-5-13-4-2-3-6-16-13/h2-4,6,8H,5,7,9-10,15H2,1H3. The molecule has 2 N–H and O–H groups in total. The Labute approximate surface area is 107 Å². The number of nitrogens with zero attached hydrogens (tertiary/aromatic N) is 1. The third-order valence-electron chi connectivity index (χ3n) is 2.76. The average molecular weight is 246 g/mol. The van der Waals surface area contributed by atoms with Crippen LogP contribution in [0.15, 0.2) is 34.9 Å². The van der Waals surface area contributed by atoms with Gasteiger partial charge >= 0.3 is 0 Å². The fourth-order valence-corrected chi connectivity index (χ4v) is 1.74. The van der Waals surface area contributed by atoms with Gasteiger partial charge in [0.25, 0.3) is 0 Å². The number of hydrogen-bond acceptors (Lipinski definition) is 4. The minimum absolute atomic E-state index is 0.425. The summed E-state index contributed by atoms with van der Waals surface area (Å²) in [5.74, 6) is 1.68. The van der Waals surface area contributed by atoms with E-state index in [4.69, 9.17) is 14.9 Å². The van der Waals surface area contributed by atoms with Crippen LogP contribution in [0.3, 0.4) is 0 Å². The van der Waals surface area contributed by atoms with Crippen LogP contribution in [0, 0.1) is 6.92 Å². The van der Waals surface area contributed by atoms with E-state index in [0.717, 1.165) is 29.2 Å². The van der Waals surface area contributed by atoms with Gasteiger partial charge < -0.3 is 14.9 Å². The maximum absolute atomic E-state index is 5.62. The third-order valence-corrected chi connectivity index (χ3v) is 2.76. The highest BCUT2D eigenvalue weighted by molar-refractivity contribution is 5.19. The van der Waals surface area contributed by atoms with Crippen molar-refractivity contribution >= 4 is 0 Å². The summed E-state index contributed by atoms with van der Waals surface area (Å²) in [4.78, 5) is 4.24. The zero-order valence-corrected chi connectivity index (χ0v) is 10.6. The lowest BCUT2D eigenvalue weighted by Gasteiger charge is -2.02. The van der Waals surface area contributed by atoms with Crippen molar-refractivity contribution in [1.29, 1.82) is 0 Å². The summed E-state index contributed by atoms with van der Waals surface area (Å²) in [6.07, 6.45) is 2.62. The maximum Gasteiger partial charge on any atom is 0.118 e. The first kappa shape index (κ1) is 12.8. The molecule has 0 fully saturated rings. The molecule has 0 aromatic carbocycles. The van der Waals surface area contributed by atoms with Crippen LogP contribution in [0.25, 0.3) is 0 Å². The van der Waals surface area contributed by atoms with E-state index in [1.165, 1.54) is 0 Å². The molecule has 0 aliphatic carbocycles. The molecular formula is C14H18N2O2. The number of aromatic nitrogens is 1. The van der Waals surface area contributed by atoms with Crippen LogP contribution in [-0.4, -0.2) is 11.6 Å². The van der Waals surface area contributed by atoms with Crippen molar-refractivity contribution in [3.05, 3.63) is 53.2 Å². The molecule has 96 valence electrons. The molecule has 0 saturated carbocycles. The second-order valence-electron chi connectivity index (χ2n) is 4.12. The number of furan rings is 1. The topological polar surface area (TPSA) is 61.3 Å². The first-order valence-electron chi connectivity index (χ1n) is 6.05. The van der Waals surface area contributed by atoms with Crippen molar-refractivity contribution in [2.24, 2.45) is 5.73 Å². The molecule has 2 aromatic rings. The summed E-state index contributed by atoms with van der Waals surface area (Å²) in [6.45, 7) is 3.56. The van der Waals surface area contributed by atoms with Crippen LogP contribution in [0.5, 0.6) is 0 Å². The predicted octanol–water partition coefficient (Wildman–Crippen LogP) is 2.20. The average Bonchev–Trinajstić information content (AvgIpc) is 2.77. The highest BCUT2D eigenvalue weighted by Crippen LogP contribution is 2.15. The zero-order chi connectivity index (χ0) is 12.8. The van der Waals surface area contributed by atoms with Crippen LogP contribution < -0.4 is 5.73 Å². The first-order chi connectivity index (χ1) is 8.79. The van der Waals surface area contributed by atoms with Gasteiger partial charge in [-0.25, -0.2) is 0 Å². The normalized spacial score (nSPS) is 10.8. The molecule has 2 heterocycles. The maximum atomic E-state index is 5.62. The van der Waals surface area contributed by atoms with Gasteiger partial charge in [0.1, 0.15) is 11.5 Å². The molecule has 4 nitrogen and oxygen atoms in total. The Hall–Kier alpha value is -1.65. The minimum atomic E-state index is 0.425. The largest absolute Gasteiger partial charge is 0.465 e. The third kappa shape index (κ3) is 3.42. The van der Waals surface area contributed by atoms with E-state index in [1.807, 2.05) is 31.2 Å². The summed E-state index contributed by atoms with van der Waals surface area (Å²) >= 11 is 0. The smallest absolute Gasteiger partial charge is 0.118 e. The van der Waals surface area contributed by atoms with E-state index < -0.39 is 0 Å². The Kier molecular flexibility index (Phi) is 4.50. The second kappa shape index (κ2) is 6.33. The SMILES string of the molecule is Cc1oc(CN)cc1COCCc1ccccn1. The van der Waals surface area contributed by atoms with Crippen LogP contribution in [-0.2, 0) is 24.3 Å². The van der Waals surface area contributed by atoms with Crippen LogP contribution in [0.1, 0.15) is 22.8 Å². The molecular weight excluding hydrogens is 228 g/mol. The molecule has 0 saturated heterocycles. The highest BCUT2D eigenvalue weighted by Gasteiger charge is 2.06. The molecule has 0 atom stereocenters. The van der Waals surface area contributed by atoms with Gasteiger partial charge in [-0.1, -0.05) is 6.07 Å². The van der Waals surface area contributed by atoms with Crippen LogP contribution in [0.2, 0.25) is 0 Å². The predicted molar refractivity (Wildman–Crippen MR) is 68.9 cm³/mol. The molecule has 2 aromatic heterocycles. The summed E-state index contributed by atoms with van der Waals surface area (Å²) in [6, 6.07) is 7.85. The Bertz CT molecular complexity index is 480. The molecule has 0 spiro atoms. The lowest BCUT2D eigenvalue weighted by molar-refractivity contribution is 0.122. The molecule has 0 aliphatic heterocycles. The van der Waals surface area contributed by atoms with Crippen molar-refractivity contribution in [2.45, 2.75) is 26.5 Å². The molecule has 18 heavy (non-hydrogen) atoms. The fraction of sp³-hybridized carbons (Fsp3) is 0.357. The van der Waals surface area contributed by atoms with Crippen molar-refractivity contribution in [3.63, 3.8) is 0 Å². The van der Waals surface area contributed by atoms with Gasteiger partial charge in [0.15, 0.2) is 0 Å². The van der Waals surface area contributed by atoms with Crippen molar-refractivity contribution < 1.29 is 9.15 Å². The van der Waals surface area contributed by atoms with Crippen molar-refractivity contribution in [2.75, 3.05) is 6.61 Å². The Balaban J connectivity index is 1.76. The molecule has 0 aliphatic rings. The van der Waals surface area contributed by atoms with E-state index in [-0.39, 0.29) is 0 Å². The van der Waals surface area contributed by atoms with Gasteiger partial charge in [-0.15, -0.1) is 0 Å². The molecule has 0 bridgehead atoms. The lowest BCUT2D eigenvalue weighted by Crippen LogP contribution is -2.00. The zero-order valence-electron chi connectivity index (χ0n) is 10.6. The molecule has 4 heteroatoms. The number of ether oxygens (including phenoxy) is 1. The Morgan fingerprint density at radius 2 is 2.28 bits per heavy atom. The van der Waals surface area contributed by atoms with Crippen molar-refractivity contribution in [3.8, 4) is 0 Å². The van der Waals surface area contributed by atoms with Gasteiger partial charge in [-0.05, 0) is 25.1 Å². The minimum Gasteiger partial charge on any atom is -0.465 e. The van der Waals surface area contributed by atoms with Crippen LogP contribution in [0.4, 0.5) is 0 Å². The van der Waals surface area contributed by atoms with Gasteiger partial charge in [-0.2, -0.15) is 0 Å². The molecule has 0 unspecified atom stereocenters. The lowest BCUT2D eigenvalue weighted by atomic mass is 10.2. The monoisotopic (exact) mass is 246 g/mol. The quantitative estimate of drug-likeness (QED) is 0.794. The van der Waals surface area contributed by atoms with Gasteiger partial charge in [0.2, 0.25) is 0 Å². The van der Waals surface area contributed by atoms with E-state index in [1.54, 1.807) is 6.20 Å². The van der Waals surface area contributed by atoms with Gasteiger partial charge in [-0.3, -0.25) is 4.98 Å². The summed E-state index contributed by atoms with van der Waals surface area (Å²) < 4.78 is 11.1. The highest BCUT2D eigenvalue weighted by atomic mass is 16.5. The summed E-state index contributed by atoms with van der Waals surface area (Å²) in [5, 5.41) is 0. The van der Waals surface area contributed by atoms with Crippen molar-refractivity contribution in [1.82, 2.24) is 4.98 Å². The fourth-order valence-electron chi connectivity index (χ4n) is 1.74. The second-order valence-corrected chi connectivity index (χ2v) is 4.12. The Morgan fingerprint density at radius 3 is 2.94 bits per heavy atom. The molecule has 0 radical (unpaired) electrons. The number of nitrogens with two attached hydrogens (primary N) is 1. The number of hydrogen-bond donors (Lipinski definition) is 1. The van der Waals surface area contributed by atoms with Crippen LogP contribution >= 0.6 is 0 Å². The van der Waals surface area contributed by atoms with E-state index in [9.17, 15) is 0 Å². The number of rotatable bonds is 6. The number of aryl methyl sites for hydroxylation is 1. The summed E-state index contributed by atoms with van der Waals surface area (Å²) in [5.41, 5.74) is 7.63. The molecule has 0 amide bonds. The van der Waals surface area contributed by atoms with E-state index in [0.29, 0.717) is 19.8 Å². The first-order valence-corrected chi connectivity index (χ1v) is 6.05.